The third-order valence-electron chi connectivity index (χ3n) is 3.53. The van der Waals surface area contributed by atoms with Crippen molar-refractivity contribution in [3.8, 4) is 0 Å². The molecule has 2 aromatic rings. The van der Waals surface area contributed by atoms with E-state index >= 15 is 0 Å². The predicted molar refractivity (Wildman–Crippen MR) is 83.2 cm³/mol. The summed E-state index contributed by atoms with van der Waals surface area (Å²) in [6.07, 6.45) is 2.51. The van der Waals surface area contributed by atoms with Crippen LogP contribution in [-0.4, -0.2) is 19.3 Å². The van der Waals surface area contributed by atoms with Crippen LogP contribution in [0.4, 0.5) is 11.4 Å². The second kappa shape index (κ2) is 5.42. The van der Waals surface area contributed by atoms with Crippen molar-refractivity contribution in [1.29, 1.82) is 0 Å². The Bertz CT molecular complexity index is 847. The van der Waals surface area contributed by atoms with Crippen molar-refractivity contribution in [2.45, 2.75) is 24.7 Å². The molecule has 1 aromatic carbocycles. The number of fused-ring (bicyclic) bond motifs is 1. The van der Waals surface area contributed by atoms with Gasteiger partial charge in [0, 0.05) is 18.3 Å². The highest BCUT2D eigenvalue weighted by atomic mass is 32.2. The molecule has 22 heavy (non-hydrogen) atoms. The largest absolute Gasteiger partial charge is 0.326 e. The fourth-order valence-electron chi connectivity index (χ4n) is 2.32. The van der Waals surface area contributed by atoms with Gasteiger partial charge in [-0.25, -0.2) is 8.42 Å². The van der Waals surface area contributed by atoms with Crippen LogP contribution in [-0.2, 0) is 21.2 Å². The number of aromatic nitrogens is 1. The molecule has 0 aliphatic carbocycles. The highest BCUT2D eigenvalue weighted by Crippen LogP contribution is 2.26. The van der Waals surface area contributed by atoms with Gasteiger partial charge in [0.15, 0.2) is 0 Å². The summed E-state index contributed by atoms with van der Waals surface area (Å²) in [6.45, 7) is 1.74. The van der Waals surface area contributed by atoms with Gasteiger partial charge >= 0.3 is 0 Å². The maximum atomic E-state index is 12.5. The Morgan fingerprint density at radius 1 is 1.23 bits per heavy atom. The van der Waals surface area contributed by atoms with Crippen LogP contribution in [0.1, 0.15) is 17.7 Å². The molecule has 1 aliphatic rings. The van der Waals surface area contributed by atoms with Gasteiger partial charge in [-0.15, -0.1) is 0 Å². The molecule has 3 rings (SSSR count). The van der Waals surface area contributed by atoms with E-state index in [0.717, 1.165) is 5.56 Å². The Balaban J connectivity index is 1.93. The van der Waals surface area contributed by atoms with E-state index in [1.807, 2.05) is 0 Å². The fourth-order valence-corrected chi connectivity index (χ4v) is 3.49. The first-order chi connectivity index (χ1) is 10.5. The van der Waals surface area contributed by atoms with Crippen molar-refractivity contribution in [2.75, 3.05) is 10.0 Å². The molecule has 0 radical (unpaired) electrons. The number of rotatable bonds is 3. The van der Waals surface area contributed by atoms with Gasteiger partial charge in [-0.05, 0) is 49.2 Å². The van der Waals surface area contributed by atoms with Crippen molar-refractivity contribution in [1.82, 2.24) is 4.98 Å². The Morgan fingerprint density at radius 2 is 2.05 bits per heavy atom. The number of carbonyl (C=O) groups excluding carboxylic acids is 1. The van der Waals surface area contributed by atoms with E-state index in [4.69, 9.17) is 0 Å². The minimum absolute atomic E-state index is 0.0489. The second-order valence-corrected chi connectivity index (χ2v) is 6.79. The molecule has 1 aliphatic heterocycles. The molecule has 2 N–H and O–H groups in total. The lowest BCUT2D eigenvalue weighted by Crippen LogP contribution is -2.20. The molecular weight excluding hydrogens is 302 g/mol. The molecule has 0 bridgehead atoms. The number of pyridine rings is 1. The van der Waals surface area contributed by atoms with Gasteiger partial charge in [0.2, 0.25) is 5.91 Å². The number of nitrogens with one attached hydrogen (secondary N) is 2. The van der Waals surface area contributed by atoms with Crippen LogP contribution in [0, 0.1) is 6.92 Å². The summed E-state index contributed by atoms with van der Waals surface area (Å²) >= 11 is 0. The van der Waals surface area contributed by atoms with E-state index in [9.17, 15) is 13.2 Å². The first kappa shape index (κ1) is 14.5. The number of hydrogen-bond acceptors (Lipinski definition) is 4. The van der Waals surface area contributed by atoms with Crippen molar-refractivity contribution in [2.24, 2.45) is 0 Å². The lowest BCUT2D eigenvalue weighted by molar-refractivity contribution is -0.116. The summed E-state index contributed by atoms with van der Waals surface area (Å²) in [5.74, 6) is -0.0489. The smallest absolute Gasteiger partial charge is 0.261 e. The minimum atomic E-state index is -3.69. The van der Waals surface area contributed by atoms with Crippen LogP contribution in [0.15, 0.2) is 41.4 Å². The molecule has 0 saturated heterocycles. The molecule has 0 fully saturated rings. The number of amides is 1. The van der Waals surface area contributed by atoms with Gasteiger partial charge < -0.3 is 5.32 Å². The van der Waals surface area contributed by atoms with Gasteiger partial charge in [0.25, 0.3) is 10.0 Å². The highest BCUT2D eigenvalue weighted by Gasteiger charge is 2.20. The molecule has 7 heteroatoms. The number of benzene rings is 1. The van der Waals surface area contributed by atoms with Gasteiger partial charge in [0.05, 0.1) is 16.3 Å². The van der Waals surface area contributed by atoms with Gasteiger partial charge in [-0.3, -0.25) is 14.5 Å². The number of hydrogen-bond donors (Lipinski definition) is 2. The minimum Gasteiger partial charge on any atom is -0.326 e. The summed E-state index contributed by atoms with van der Waals surface area (Å²) in [6, 6.07) is 8.05. The van der Waals surface area contributed by atoms with Gasteiger partial charge in [-0.2, -0.15) is 0 Å². The average Bonchev–Trinajstić information content (AvgIpc) is 2.49. The Labute approximate surface area is 128 Å². The number of aryl methyl sites for hydroxylation is 2. The van der Waals surface area contributed by atoms with Crippen LogP contribution in [0.3, 0.4) is 0 Å². The Hall–Kier alpha value is -2.41. The van der Waals surface area contributed by atoms with Crippen molar-refractivity contribution >= 4 is 27.3 Å². The molecule has 0 saturated carbocycles. The third-order valence-corrected chi connectivity index (χ3v) is 4.90. The van der Waals surface area contributed by atoms with Crippen molar-refractivity contribution in [3.63, 3.8) is 0 Å². The van der Waals surface area contributed by atoms with Crippen LogP contribution in [0.5, 0.6) is 0 Å². The summed E-state index contributed by atoms with van der Waals surface area (Å²) < 4.78 is 27.5. The second-order valence-electron chi connectivity index (χ2n) is 5.11. The molecule has 0 atom stereocenters. The molecule has 1 amide bonds. The average molecular weight is 317 g/mol. The lowest BCUT2D eigenvalue weighted by atomic mass is 10.0. The van der Waals surface area contributed by atoms with Gasteiger partial charge in [-0.1, -0.05) is 0 Å². The number of sulfonamides is 1. The summed E-state index contributed by atoms with van der Waals surface area (Å²) in [5, 5.41) is 2.73. The van der Waals surface area contributed by atoms with E-state index in [-0.39, 0.29) is 10.8 Å². The highest BCUT2D eigenvalue weighted by molar-refractivity contribution is 7.92. The molecule has 1 aromatic heterocycles. The molecular formula is C15H15N3O3S. The normalized spacial score (nSPS) is 14.1. The summed E-state index contributed by atoms with van der Waals surface area (Å²) in [4.78, 5) is 15.6. The molecule has 114 valence electrons. The first-order valence-electron chi connectivity index (χ1n) is 6.83. The quantitative estimate of drug-likeness (QED) is 0.907. The first-order valence-corrected chi connectivity index (χ1v) is 8.31. The monoisotopic (exact) mass is 317 g/mol. The zero-order valence-electron chi connectivity index (χ0n) is 12.0. The third kappa shape index (κ3) is 2.80. The van der Waals surface area contributed by atoms with Gasteiger partial charge in [0.1, 0.15) is 0 Å². The van der Waals surface area contributed by atoms with Crippen LogP contribution >= 0.6 is 0 Å². The summed E-state index contributed by atoms with van der Waals surface area (Å²) in [7, 11) is -3.69. The van der Waals surface area contributed by atoms with Crippen LogP contribution in [0.2, 0.25) is 0 Å². The number of carbonyl (C=O) groups is 1. The Kier molecular flexibility index (Phi) is 3.58. The SMILES string of the molecule is Cc1ncccc1NS(=O)(=O)c1ccc2c(c1)CCC(=O)N2. The zero-order chi connectivity index (χ0) is 15.7. The predicted octanol–water partition coefficient (Wildman–Crippen LogP) is 2.08. The number of nitrogens with zero attached hydrogens (tertiary/aromatic N) is 1. The number of anilines is 2. The van der Waals surface area contributed by atoms with E-state index in [2.05, 4.69) is 15.0 Å². The van der Waals surface area contributed by atoms with E-state index in [0.29, 0.717) is 29.9 Å². The standard InChI is InChI=1S/C15H15N3O3S/c1-10-13(3-2-8-16-10)18-22(20,21)12-5-6-14-11(9-12)4-7-15(19)17-14/h2-3,5-6,8-9,18H,4,7H2,1H3,(H,17,19). The van der Waals surface area contributed by atoms with Crippen molar-refractivity contribution in [3.05, 3.63) is 47.8 Å². The van der Waals surface area contributed by atoms with E-state index < -0.39 is 10.0 Å². The topological polar surface area (TPSA) is 88.2 Å². The Morgan fingerprint density at radius 3 is 2.82 bits per heavy atom. The van der Waals surface area contributed by atoms with Crippen LogP contribution in [0.25, 0.3) is 0 Å². The lowest BCUT2D eigenvalue weighted by Gasteiger charge is -2.18. The maximum absolute atomic E-state index is 12.5. The fraction of sp³-hybridized carbons (Fsp3) is 0.200. The van der Waals surface area contributed by atoms with Crippen LogP contribution < -0.4 is 10.0 Å². The maximum Gasteiger partial charge on any atom is 0.261 e. The molecule has 6 nitrogen and oxygen atoms in total. The molecule has 0 unspecified atom stereocenters. The van der Waals surface area contributed by atoms with E-state index in [1.54, 1.807) is 37.4 Å². The summed E-state index contributed by atoms with van der Waals surface area (Å²) in [5.41, 5.74) is 2.56. The molecule has 0 spiro atoms. The molecule has 2 heterocycles. The zero-order valence-corrected chi connectivity index (χ0v) is 12.8. The van der Waals surface area contributed by atoms with Crippen molar-refractivity contribution < 1.29 is 13.2 Å². The van der Waals surface area contributed by atoms with E-state index in [1.165, 1.54) is 6.07 Å².